The van der Waals surface area contributed by atoms with Crippen molar-refractivity contribution in [3.05, 3.63) is 36.7 Å². The van der Waals surface area contributed by atoms with Gasteiger partial charge in [0.05, 0.1) is 0 Å². The van der Waals surface area contributed by atoms with Crippen LogP contribution in [0.2, 0.25) is 0 Å². The van der Waals surface area contributed by atoms with Crippen molar-refractivity contribution in [3.63, 3.8) is 0 Å². The fraction of sp³-hybridized carbons (Fsp3) is 0. The van der Waals surface area contributed by atoms with Gasteiger partial charge in [-0.05, 0) is 51.0 Å². The summed E-state index contributed by atoms with van der Waals surface area (Å²) in [5.74, 6) is 0. The third-order valence-corrected chi connectivity index (χ3v) is 19.4. The molecule has 4 heterocycles. The first-order valence-electron chi connectivity index (χ1n) is 26.4. The molecule has 0 N–H and O–H groups in total. The minimum atomic E-state index is 0.728. The lowest BCUT2D eigenvalue weighted by atomic mass is 9.61. The second-order valence-corrected chi connectivity index (χ2v) is 22.4. The number of nitrogens with zero attached hydrogens (tertiary/aromatic N) is 4. The van der Waals surface area contributed by atoms with Crippen molar-refractivity contribution < 1.29 is 4.42 Å². The summed E-state index contributed by atoms with van der Waals surface area (Å²) in [5.41, 5.74) is 43.9. The first kappa shape index (κ1) is 49.6. The molecule has 0 fully saturated rings. The summed E-state index contributed by atoms with van der Waals surface area (Å²) in [6.07, 6.45) is 1.71. The Balaban J connectivity index is 1.33. The number of benzene rings is 7. The third kappa shape index (κ3) is 6.41. The maximum absolute atomic E-state index is 6.70. The van der Waals surface area contributed by atoms with Crippen molar-refractivity contribution in [3.8, 4) is 33.8 Å². The van der Waals surface area contributed by atoms with Crippen LogP contribution in [0.15, 0.2) is 41.1 Å². The lowest BCUT2D eigenvalue weighted by molar-refractivity contribution is 0.667. The van der Waals surface area contributed by atoms with Crippen LogP contribution in [0.3, 0.4) is 0 Å². The molecule has 4 aromatic heterocycles. The van der Waals surface area contributed by atoms with E-state index in [0.29, 0.717) is 0 Å². The van der Waals surface area contributed by atoms with E-state index in [9.17, 15) is 0 Å². The zero-order valence-corrected chi connectivity index (χ0v) is 47.7. The smallest absolute Gasteiger partial charge is 0.180 e. The van der Waals surface area contributed by atoms with Crippen LogP contribution in [-0.4, -0.2) is 192 Å². The fourth-order valence-electron chi connectivity index (χ4n) is 13.8. The maximum Gasteiger partial charge on any atom is 0.180 e. The summed E-state index contributed by atoms with van der Waals surface area (Å²) in [4.78, 5) is 9.89. The van der Waals surface area contributed by atoms with Gasteiger partial charge in [0.1, 0.15) is 196 Å². The predicted molar refractivity (Wildman–Crippen MR) is 389 cm³/mol. The first-order chi connectivity index (χ1) is 34.5. The van der Waals surface area contributed by atoms with Crippen LogP contribution in [0, 0.1) is 0 Å². The lowest BCUT2D eigenvalue weighted by Gasteiger charge is -2.27. The average molecular weight is 913 g/mol. The van der Waals surface area contributed by atoms with Gasteiger partial charge in [-0.25, -0.2) is 9.97 Å². The molecule has 11 aromatic rings. The molecular formula is C46H50B22N4O. The van der Waals surface area contributed by atoms with Gasteiger partial charge in [0.2, 0.25) is 0 Å². The van der Waals surface area contributed by atoms with Gasteiger partial charge in [0.15, 0.2) is 5.58 Å². The second-order valence-electron chi connectivity index (χ2n) is 22.4. The van der Waals surface area contributed by atoms with Crippen LogP contribution in [0.4, 0.5) is 0 Å². The Bertz CT molecular complexity index is 4430. The van der Waals surface area contributed by atoms with E-state index in [0.717, 1.165) is 33.3 Å². The lowest BCUT2D eigenvalue weighted by Crippen LogP contribution is -2.50. The molecule has 326 valence electrons. The van der Waals surface area contributed by atoms with E-state index in [1.165, 1.54) is 186 Å². The minimum absolute atomic E-state index is 0.728. The maximum atomic E-state index is 6.70. The molecule has 7 aromatic carbocycles. The van der Waals surface area contributed by atoms with Gasteiger partial charge < -0.3 is 13.6 Å². The summed E-state index contributed by atoms with van der Waals surface area (Å²) in [5, 5.41) is 6.45. The Kier molecular flexibility index (Phi) is 11.6. The molecule has 0 spiro atoms. The monoisotopic (exact) mass is 917 g/mol. The van der Waals surface area contributed by atoms with Crippen molar-refractivity contribution in [2.45, 2.75) is 0 Å². The van der Waals surface area contributed by atoms with E-state index in [1.54, 1.807) is 6.33 Å². The van der Waals surface area contributed by atoms with E-state index in [1.807, 2.05) is 12.1 Å². The van der Waals surface area contributed by atoms with Crippen LogP contribution in [0.5, 0.6) is 0 Å². The number of fused-ring (bicyclic) bond motifs is 9. The topological polar surface area (TPSA) is 48.8 Å². The molecule has 0 bridgehead atoms. The van der Waals surface area contributed by atoms with Crippen molar-refractivity contribution in [1.82, 2.24) is 19.1 Å². The largest absolute Gasteiger partial charge is 0.452 e. The molecule has 27 heteroatoms. The number of aromatic nitrogens is 4. The van der Waals surface area contributed by atoms with Crippen molar-refractivity contribution in [2.24, 2.45) is 0 Å². The Labute approximate surface area is 449 Å². The number of para-hydroxylation sites is 1. The summed E-state index contributed by atoms with van der Waals surface area (Å²) in [6, 6.07) is 10.7. The van der Waals surface area contributed by atoms with E-state index in [4.69, 9.17) is 14.4 Å². The minimum Gasteiger partial charge on any atom is -0.452 e. The van der Waals surface area contributed by atoms with E-state index in [-0.39, 0.29) is 0 Å². The van der Waals surface area contributed by atoms with Gasteiger partial charge in [-0.15, -0.1) is 16.4 Å². The van der Waals surface area contributed by atoms with Crippen molar-refractivity contribution >= 4 is 358 Å². The molecule has 0 saturated heterocycles. The zero-order valence-electron chi connectivity index (χ0n) is 47.7. The highest BCUT2D eigenvalue weighted by molar-refractivity contribution is 6.73. The molecule has 0 atom stereocenters. The van der Waals surface area contributed by atoms with Crippen LogP contribution >= 0.6 is 0 Å². The third-order valence-electron chi connectivity index (χ3n) is 19.4. The highest BCUT2D eigenvalue weighted by atomic mass is 16.3. The molecule has 5 nitrogen and oxygen atoms in total. The van der Waals surface area contributed by atoms with Gasteiger partial charge in [0.25, 0.3) is 0 Å². The van der Waals surface area contributed by atoms with Gasteiger partial charge in [0, 0.05) is 44.2 Å². The molecule has 0 aliphatic rings. The highest BCUT2D eigenvalue weighted by Gasteiger charge is 2.31. The number of furan rings is 1. The van der Waals surface area contributed by atoms with Crippen molar-refractivity contribution in [2.75, 3.05) is 0 Å². The first-order valence-corrected chi connectivity index (χ1v) is 26.4. The SMILES string of the molecule is Bc1cc(-n2c3c(B)c(B)c(B)c(B)c3c3c(B)c(-c4c(B)c(B)c5c6c(B)c(B)c(B)c(B)c6n(-c6c(B)c(B)c(B)c(-c7ncnc8c7oc7ccccc78)c6B)c5c4B)c(B)c(B)c32)c(B)c(B)c1B. The van der Waals surface area contributed by atoms with Gasteiger partial charge in [-0.2, -0.15) is 0 Å². The molecule has 11 rings (SSSR count). The second kappa shape index (κ2) is 17.0. The van der Waals surface area contributed by atoms with Crippen LogP contribution < -0.4 is 120 Å². The molecule has 0 saturated carbocycles. The Hall–Kier alpha value is -5.55. The summed E-state index contributed by atoms with van der Waals surface area (Å²) >= 11 is 0. The molecular weight excluding hydrogens is 862 g/mol. The Morgan fingerprint density at radius 2 is 0.795 bits per heavy atom. The fourth-order valence-corrected chi connectivity index (χ4v) is 13.8. The average Bonchev–Trinajstić information content (AvgIpc) is 4.05. The predicted octanol–water partition coefficient (Wildman–Crippen LogP) is -26.4. The van der Waals surface area contributed by atoms with E-state index < -0.39 is 0 Å². The highest BCUT2D eigenvalue weighted by Crippen LogP contribution is 2.34. The Morgan fingerprint density at radius 1 is 0.356 bits per heavy atom. The number of rotatable bonds is 4. The van der Waals surface area contributed by atoms with Crippen LogP contribution in [-0.2, 0) is 0 Å². The molecule has 0 amide bonds. The van der Waals surface area contributed by atoms with E-state index in [2.05, 4.69) is 200 Å². The quantitative estimate of drug-likeness (QED) is 0.165. The molecule has 0 aliphatic carbocycles. The van der Waals surface area contributed by atoms with Gasteiger partial charge in [-0.3, -0.25) is 0 Å². The van der Waals surface area contributed by atoms with Crippen LogP contribution in [0.1, 0.15) is 0 Å². The summed E-state index contributed by atoms with van der Waals surface area (Å²) in [6.45, 7) is 0. The molecule has 0 aliphatic heterocycles. The number of hydrogen-bond acceptors (Lipinski definition) is 3. The standard InChI is InChI=1S/C46H50B22N4O/c47-8-5-9(19(49)29(59)18(8)48)71-42-13(14-24(54)30(60)33(63)36(66)43(14)71)20(50)11(22(52)35(42)65)12-21(51)23(53)15-16-25(55)31(61)34(64)37(67)44(16)72(41(15)27(12)57)45-28(58)17(26(56)32(62)38(45)68)40-46-39(69-6-70-40)7-3-1-2-4-10(7)73-46/h1-6H,47-68H2. The zero-order chi connectivity index (χ0) is 52.6. The summed E-state index contributed by atoms with van der Waals surface area (Å²) in [7, 11) is 51.5. The van der Waals surface area contributed by atoms with Gasteiger partial charge >= 0.3 is 0 Å². The Morgan fingerprint density at radius 3 is 1.40 bits per heavy atom. The van der Waals surface area contributed by atoms with E-state index >= 15 is 0 Å². The molecule has 73 heavy (non-hydrogen) atoms. The van der Waals surface area contributed by atoms with Gasteiger partial charge in [-0.1, -0.05) is 116 Å². The normalized spacial score (nSPS) is 11.9. The number of hydrogen-bond donors (Lipinski definition) is 0. The van der Waals surface area contributed by atoms with Crippen LogP contribution in [0.25, 0.3) is 99.4 Å². The van der Waals surface area contributed by atoms with Crippen molar-refractivity contribution in [1.29, 1.82) is 0 Å². The summed E-state index contributed by atoms with van der Waals surface area (Å²) < 4.78 is 12.0. The molecule has 0 unspecified atom stereocenters. The molecule has 0 radical (unpaired) electrons.